The van der Waals surface area contributed by atoms with Crippen molar-refractivity contribution in [1.82, 2.24) is 0 Å². The van der Waals surface area contributed by atoms with Gasteiger partial charge in [-0.1, -0.05) is 44.4 Å². The molecule has 1 nitrogen and oxygen atoms in total. The molecule has 0 aliphatic heterocycles. The Morgan fingerprint density at radius 2 is 1.88 bits per heavy atom. The summed E-state index contributed by atoms with van der Waals surface area (Å²) >= 11 is 0. The average molecular weight is 232 g/mol. The molecule has 0 heterocycles. The van der Waals surface area contributed by atoms with E-state index >= 15 is 0 Å². The van der Waals surface area contributed by atoms with E-state index in [9.17, 15) is 5.11 Å². The smallest absolute Gasteiger partial charge is 0.122 e. The Labute approximate surface area is 105 Å². The van der Waals surface area contributed by atoms with Gasteiger partial charge in [0.1, 0.15) is 5.75 Å². The highest BCUT2D eigenvalue weighted by molar-refractivity contribution is 5.45. The predicted octanol–water partition coefficient (Wildman–Crippen LogP) is 4.56. The van der Waals surface area contributed by atoms with Crippen LogP contribution < -0.4 is 0 Å². The molecule has 0 radical (unpaired) electrons. The van der Waals surface area contributed by atoms with Gasteiger partial charge in [-0.25, -0.2) is 0 Å². The molecule has 2 rings (SSSR count). The van der Waals surface area contributed by atoms with Crippen LogP contribution in [-0.2, 0) is 6.42 Å². The minimum Gasteiger partial charge on any atom is -0.507 e. The first-order valence-corrected chi connectivity index (χ1v) is 6.90. The van der Waals surface area contributed by atoms with Gasteiger partial charge < -0.3 is 5.11 Å². The van der Waals surface area contributed by atoms with E-state index in [2.05, 4.69) is 32.9 Å². The summed E-state index contributed by atoms with van der Waals surface area (Å²) in [6.45, 7) is 6.55. The predicted molar refractivity (Wildman–Crippen MR) is 72.6 cm³/mol. The highest BCUT2D eigenvalue weighted by Gasteiger charge is 2.22. The lowest BCUT2D eigenvalue weighted by molar-refractivity contribution is 0.448. The molecule has 1 saturated carbocycles. The number of aromatic hydroxyl groups is 1. The van der Waals surface area contributed by atoms with E-state index in [1.54, 1.807) is 0 Å². The van der Waals surface area contributed by atoms with Gasteiger partial charge in [-0.2, -0.15) is 0 Å². The number of phenolic OH excluding ortho intramolecular Hbond substituents is 1. The third-order valence-corrected chi connectivity index (χ3v) is 3.79. The van der Waals surface area contributed by atoms with Crippen molar-refractivity contribution in [3.63, 3.8) is 0 Å². The SMILES string of the molecule is Cc1cc(CC(C)C)c(O)c(C2CCCC2)c1. The van der Waals surface area contributed by atoms with Crippen LogP contribution >= 0.6 is 0 Å². The lowest BCUT2D eigenvalue weighted by Crippen LogP contribution is -2.00. The Balaban J connectivity index is 2.34. The van der Waals surface area contributed by atoms with Gasteiger partial charge in [-0.3, -0.25) is 0 Å². The van der Waals surface area contributed by atoms with E-state index in [1.807, 2.05) is 0 Å². The van der Waals surface area contributed by atoms with Crippen LogP contribution in [0.5, 0.6) is 5.75 Å². The first kappa shape index (κ1) is 12.5. The second-order valence-corrected chi connectivity index (χ2v) is 5.94. The molecule has 0 amide bonds. The van der Waals surface area contributed by atoms with E-state index in [0.29, 0.717) is 17.6 Å². The summed E-state index contributed by atoms with van der Waals surface area (Å²) in [4.78, 5) is 0. The fourth-order valence-corrected chi connectivity index (χ4v) is 3.03. The molecular weight excluding hydrogens is 208 g/mol. The van der Waals surface area contributed by atoms with Crippen molar-refractivity contribution in [2.45, 2.75) is 58.8 Å². The molecule has 1 aliphatic carbocycles. The molecule has 1 heteroatoms. The molecule has 0 bridgehead atoms. The van der Waals surface area contributed by atoms with Crippen molar-refractivity contribution >= 4 is 0 Å². The number of hydrogen-bond acceptors (Lipinski definition) is 1. The fraction of sp³-hybridized carbons (Fsp3) is 0.625. The van der Waals surface area contributed by atoms with E-state index in [1.165, 1.54) is 36.8 Å². The Morgan fingerprint density at radius 1 is 1.24 bits per heavy atom. The first-order valence-electron chi connectivity index (χ1n) is 6.90. The maximum atomic E-state index is 10.4. The standard InChI is InChI=1S/C16H24O/c1-11(2)8-14-9-12(3)10-15(16(14)17)13-6-4-5-7-13/h9-11,13,17H,4-8H2,1-3H3. The molecular formula is C16H24O. The van der Waals surface area contributed by atoms with E-state index < -0.39 is 0 Å². The van der Waals surface area contributed by atoms with E-state index in [4.69, 9.17) is 0 Å². The molecule has 1 aromatic carbocycles. The Kier molecular flexibility index (Phi) is 3.76. The lowest BCUT2D eigenvalue weighted by atomic mass is 9.90. The molecule has 0 atom stereocenters. The Hall–Kier alpha value is -0.980. The summed E-state index contributed by atoms with van der Waals surface area (Å²) in [6, 6.07) is 4.34. The molecule has 1 aliphatic rings. The summed E-state index contributed by atoms with van der Waals surface area (Å²) in [5.41, 5.74) is 3.64. The Bertz CT molecular complexity index is 387. The summed E-state index contributed by atoms with van der Waals surface area (Å²) in [7, 11) is 0. The summed E-state index contributed by atoms with van der Waals surface area (Å²) in [6.07, 6.45) is 6.11. The van der Waals surface area contributed by atoms with Crippen LogP contribution in [0.15, 0.2) is 12.1 Å². The largest absolute Gasteiger partial charge is 0.507 e. The third-order valence-electron chi connectivity index (χ3n) is 3.79. The molecule has 1 N–H and O–H groups in total. The molecule has 0 saturated heterocycles. The van der Waals surface area contributed by atoms with Gasteiger partial charge in [0, 0.05) is 0 Å². The average Bonchev–Trinajstić information content (AvgIpc) is 2.75. The van der Waals surface area contributed by atoms with Crippen LogP contribution in [0.3, 0.4) is 0 Å². The highest BCUT2D eigenvalue weighted by Crippen LogP contribution is 2.40. The van der Waals surface area contributed by atoms with Crippen molar-refractivity contribution in [3.05, 3.63) is 28.8 Å². The van der Waals surface area contributed by atoms with Crippen molar-refractivity contribution in [1.29, 1.82) is 0 Å². The van der Waals surface area contributed by atoms with Crippen LogP contribution in [0.25, 0.3) is 0 Å². The monoisotopic (exact) mass is 232 g/mol. The molecule has 94 valence electrons. The third kappa shape index (κ3) is 2.83. The minimum atomic E-state index is 0.580. The molecule has 0 spiro atoms. The van der Waals surface area contributed by atoms with Crippen molar-refractivity contribution in [2.75, 3.05) is 0 Å². The lowest BCUT2D eigenvalue weighted by Gasteiger charge is -2.17. The summed E-state index contributed by atoms with van der Waals surface area (Å²) in [5.74, 6) is 1.77. The van der Waals surface area contributed by atoms with Gasteiger partial charge in [0.25, 0.3) is 0 Å². The van der Waals surface area contributed by atoms with Crippen LogP contribution in [-0.4, -0.2) is 5.11 Å². The number of aryl methyl sites for hydroxylation is 1. The molecule has 1 fully saturated rings. The minimum absolute atomic E-state index is 0.580. The first-order chi connectivity index (χ1) is 8.08. The van der Waals surface area contributed by atoms with Gasteiger partial charge in [-0.05, 0) is 49.1 Å². The number of phenols is 1. The molecule has 0 unspecified atom stereocenters. The number of benzene rings is 1. The number of rotatable bonds is 3. The zero-order chi connectivity index (χ0) is 12.4. The fourth-order valence-electron chi connectivity index (χ4n) is 3.03. The van der Waals surface area contributed by atoms with Gasteiger partial charge >= 0.3 is 0 Å². The summed E-state index contributed by atoms with van der Waals surface area (Å²) in [5, 5.41) is 10.4. The maximum absolute atomic E-state index is 10.4. The number of hydrogen-bond donors (Lipinski definition) is 1. The van der Waals surface area contributed by atoms with Crippen LogP contribution in [0.2, 0.25) is 0 Å². The summed E-state index contributed by atoms with van der Waals surface area (Å²) < 4.78 is 0. The van der Waals surface area contributed by atoms with Gasteiger partial charge in [0.05, 0.1) is 0 Å². The van der Waals surface area contributed by atoms with Crippen molar-refractivity contribution in [2.24, 2.45) is 5.92 Å². The van der Waals surface area contributed by atoms with Gasteiger partial charge in [0.2, 0.25) is 0 Å². The molecule has 0 aromatic heterocycles. The van der Waals surface area contributed by atoms with Crippen LogP contribution in [0, 0.1) is 12.8 Å². The van der Waals surface area contributed by atoms with Gasteiger partial charge in [-0.15, -0.1) is 0 Å². The Morgan fingerprint density at radius 3 is 2.47 bits per heavy atom. The molecule has 1 aromatic rings. The zero-order valence-electron chi connectivity index (χ0n) is 11.3. The zero-order valence-corrected chi connectivity index (χ0v) is 11.3. The second kappa shape index (κ2) is 5.12. The quantitative estimate of drug-likeness (QED) is 0.810. The van der Waals surface area contributed by atoms with Crippen LogP contribution in [0.1, 0.15) is 62.1 Å². The van der Waals surface area contributed by atoms with Crippen LogP contribution in [0.4, 0.5) is 0 Å². The van der Waals surface area contributed by atoms with Crippen molar-refractivity contribution in [3.8, 4) is 5.75 Å². The van der Waals surface area contributed by atoms with E-state index in [-0.39, 0.29) is 0 Å². The molecule has 17 heavy (non-hydrogen) atoms. The highest BCUT2D eigenvalue weighted by atomic mass is 16.3. The topological polar surface area (TPSA) is 20.2 Å². The normalized spacial score (nSPS) is 16.9. The maximum Gasteiger partial charge on any atom is 0.122 e. The van der Waals surface area contributed by atoms with Crippen molar-refractivity contribution < 1.29 is 5.11 Å². The van der Waals surface area contributed by atoms with Gasteiger partial charge in [0.15, 0.2) is 0 Å². The van der Waals surface area contributed by atoms with E-state index in [0.717, 1.165) is 12.0 Å². The second-order valence-electron chi connectivity index (χ2n) is 5.94.